The van der Waals surface area contributed by atoms with Crippen molar-refractivity contribution in [1.82, 2.24) is 4.90 Å². The lowest BCUT2D eigenvalue weighted by Gasteiger charge is -2.16. The Hall–Kier alpha value is -2.21. The number of nitrogens with zero attached hydrogens (tertiary/aromatic N) is 2. The van der Waals surface area contributed by atoms with Crippen molar-refractivity contribution in [1.29, 1.82) is 0 Å². The number of nitro benzene ring substituents is 1. The minimum absolute atomic E-state index is 0.0365. The second-order valence-electron chi connectivity index (χ2n) is 4.07. The van der Waals surface area contributed by atoms with E-state index in [0.717, 1.165) is 5.56 Å². The van der Waals surface area contributed by atoms with Crippen molar-refractivity contribution in [2.75, 3.05) is 7.05 Å². The first kappa shape index (κ1) is 13.2. The average molecular weight is 276 g/mol. The average Bonchev–Trinajstić information content (AvgIpc) is 2.92. The van der Waals surface area contributed by atoms with Gasteiger partial charge in [0.25, 0.3) is 11.6 Å². The lowest BCUT2D eigenvalue weighted by molar-refractivity contribution is -0.384. The lowest BCUT2D eigenvalue weighted by Crippen LogP contribution is -2.25. The van der Waals surface area contributed by atoms with E-state index < -0.39 is 4.92 Å². The molecule has 0 spiro atoms. The fourth-order valence-corrected chi connectivity index (χ4v) is 2.42. The van der Waals surface area contributed by atoms with E-state index in [4.69, 9.17) is 0 Å². The summed E-state index contributed by atoms with van der Waals surface area (Å²) < 4.78 is 0. The normalized spacial score (nSPS) is 10.2. The molecule has 1 aromatic carbocycles. The van der Waals surface area contributed by atoms with Crippen LogP contribution in [0.4, 0.5) is 5.69 Å². The van der Waals surface area contributed by atoms with Gasteiger partial charge in [-0.3, -0.25) is 14.9 Å². The van der Waals surface area contributed by atoms with Crippen LogP contribution in [0.25, 0.3) is 0 Å². The third kappa shape index (κ3) is 3.17. The zero-order valence-electron chi connectivity index (χ0n) is 10.3. The van der Waals surface area contributed by atoms with E-state index in [0.29, 0.717) is 11.4 Å². The van der Waals surface area contributed by atoms with E-state index in [1.807, 2.05) is 11.4 Å². The Morgan fingerprint density at radius 1 is 1.37 bits per heavy atom. The molecule has 1 amide bonds. The van der Waals surface area contributed by atoms with Gasteiger partial charge in [0.2, 0.25) is 0 Å². The van der Waals surface area contributed by atoms with Gasteiger partial charge in [-0.2, -0.15) is 0 Å². The summed E-state index contributed by atoms with van der Waals surface area (Å²) in [6, 6.07) is 9.89. The van der Waals surface area contributed by atoms with Crippen LogP contribution >= 0.6 is 11.3 Å². The summed E-state index contributed by atoms with van der Waals surface area (Å²) in [5, 5.41) is 12.5. The van der Waals surface area contributed by atoms with Crippen LogP contribution < -0.4 is 0 Å². The highest BCUT2D eigenvalue weighted by molar-refractivity contribution is 7.12. The highest BCUT2D eigenvalue weighted by Gasteiger charge is 2.14. The summed E-state index contributed by atoms with van der Waals surface area (Å²) in [5.74, 6) is -0.0819. The van der Waals surface area contributed by atoms with Gasteiger partial charge in [0.15, 0.2) is 0 Å². The second-order valence-corrected chi connectivity index (χ2v) is 5.01. The van der Waals surface area contributed by atoms with Gasteiger partial charge in [-0.15, -0.1) is 11.3 Å². The molecule has 0 aliphatic rings. The van der Waals surface area contributed by atoms with Crippen LogP contribution in [0.2, 0.25) is 0 Å². The Kier molecular flexibility index (Phi) is 3.91. The molecule has 2 rings (SSSR count). The number of carbonyl (C=O) groups excluding carboxylic acids is 1. The number of thiophene rings is 1. The first-order valence-electron chi connectivity index (χ1n) is 5.60. The SMILES string of the molecule is CN(Cc1cccc([N+](=O)[O-])c1)C(=O)c1cccs1. The summed E-state index contributed by atoms with van der Waals surface area (Å²) in [6.07, 6.45) is 0. The number of carbonyl (C=O) groups is 1. The second kappa shape index (κ2) is 5.62. The number of hydrogen-bond acceptors (Lipinski definition) is 4. The molecular weight excluding hydrogens is 264 g/mol. The molecule has 19 heavy (non-hydrogen) atoms. The summed E-state index contributed by atoms with van der Waals surface area (Å²) in [6.45, 7) is 0.346. The van der Waals surface area contributed by atoms with E-state index >= 15 is 0 Å². The van der Waals surface area contributed by atoms with Gasteiger partial charge in [-0.1, -0.05) is 18.2 Å². The minimum atomic E-state index is -0.440. The molecule has 2 aromatic rings. The van der Waals surface area contributed by atoms with Crippen LogP contribution in [0.1, 0.15) is 15.2 Å². The summed E-state index contributed by atoms with van der Waals surface area (Å²) in [5.41, 5.74) is 0.774. The Balaban J connectivity index is 2.10. The van der Waals surface area contributed by atoms with Crippen LogP contribution in [-0.4, -0.2) is 22.8 Å². The van der Waals surface area contributed by atoms with E-state index in [1.54, 1.807) is 30.1 Å². The summed E-state index contributed by atoms with van der Waals surface area (Å²) >= 11 is 1.38. The van der Waals surface area contributed by atoms with Gasteiger partial charge in [-0.05, 0) is 17.0 Å². The number of amides is 1. The standard InChI is InChI=1S/C13H12N2O3S/c1-14(13(16)12-6-3-7-19-12)9-10-4-2-5-11(8-10)15(17)18/h2-8H,9H2,1H3. The Bertz CT molecular complexity index is 596. The smallest absolute Gasteiger partial charge is 0.269 e. The third-order valence-corrected chi connectivity index (χ3v) is 3.48. The Morgan fingerprint density at radius 3 is 2.79 bits per heavy atom. The quantitative estimate of drug-likeness (QED) is 0.637. The van der Waals surface area contributed by atoms with Gasteiger partial charge in [0.05, 0.1) is 9.80 Å². The highest BCUT2D eigenvalue weighted by atomic mass is 32.1. The molecule has 0 bridgehead atoms. The molecule has 98 valence electrons. The van der Waals surface area contributed by atoms with E-state index in [2.05, 4.69) is 0 Å². The zero-order valence-corrected chi connectivity index (χ0v) is 11.1. The predicted molar refractivity (Wildman–Crippen MR) is 73.2 cm³/mol. The monoisotopic (exact) mass is 276 g/mol. The third-order valence-electron chi connectivity index (χ3n) is 2.62. The molecule has 5 nitrogen and oxygen atoms in total. The summed E-state index contributed by atoms with van der Waals surface area (Å²) in [4.78, 5) is 24.5. The van der Waals surface area contributed by atoms with Crippen molar-refractivity contribution < 1.29 is 9.72 Å². The summed E-state index contributed by atoms with van der Waals surface area (Å²) in [7, 11) is 1.68. The molecule has 0 aliphatic carbocycles. The fraction of sp³-hybridized carbons (Fsp3) is 0.154. The topological polar surface area (TPSA) is 63.4 Å². The van der Waals surface area contributed by atoms with Crippen LogP contribution in [0.15, 0.2) is 41.8 Å². The molecule has 0 unspecified atom stereocenters. The molecule has 0 saturated heterocycles. The zero-order chi connectivity index (χ0) is 13.8. The van der Waals surface area contributed by atoms with Crippen LogP contribution in [-0.2, 0) is 6.54 Å². The number of hydrogen-bond donors (Lipinski definition) is 0. The number of benzene rings is 1. The maximum atomic E-state index is 12.0. The van der Waals surface area contributed by atoms with Gasteiger partial charge >= 0.3 is 0 Å². The molecule has 0 aliphatic heterocycles. The molecule has 6 heteroatoms. The van der Waals surface area contributed by atoms with Crippen molar-refractivity contribution >= 4 is 22.9 Å². The van der Waals surface area contributed by atoms with Crippen molar-refractivity contribution in [3.8, 4) is 0 Å². The fourth-order valence-electron chi connectivity index (χ4n) is 1.70. The highest BCUT2D eigenvalue weighted by Crippen LogP contribution is 2.16. The molecule has 0 N–H and O–H groups in total. The number of nitro groups is 1. The van der Waals surface area contributed by atoms with E-state index in [1.165, 1.54) is 23.5 Å². The van der Waals surface area contributed by atoms with Crippen LogP contribution in [0.5, 0.6) is 0 Å². The first-order chi connectivity index (χ1) is 9.08. The van der Waals surface area contributed by atoms with E-state index in [9.17, 15) is 14.9 Å². The molecule has 0 radical (unpaired) electrons. The van der Waals surface area contributed by atoms with Crippen LogP contribution in [0, 0.1) is 10.1 Å². The maximum absolute atomic E-state index is 12.0. The molecular formula is C13H12N2O3S. The van der Waals surface area contributed by atoms with Gasteiger partial charge in [0, 0.05) is 25.7 Å². The molecule has 1 aromatic heterocycles. The lowest BCUT2D eigenvalue weighted by atomic mass is 10.2. The maximum Gasteiger partial charge on any atom is 0.269 e. The molecule has 1 heterocycles. The van der Waals surface area contributed by atoms with E-state index in [-0.39, 0.29) is 11.6 Å². The largest absolute Gasteiger partial charge is 0.337 e. The van der Waals surface area contributed by atoms with Crippen molar-refractivity contribution in [3.63, 3.8) is 0 Å². The van der Waals surface area contributed by atoms with Gasteiger partial charge in [0.1, 0.15) is 0 Å². The number of non-ortho nitro benzene ring substituents is 1. The van der Waals surface area contributed by atoms with Gasteiger partial charge < -0.3 is 4.90 Å². The van der Waals surface area contributed by atoms with Gasteiger partial charge in [-0.25, -0.2) is 0 Å². The molecule has 0 atom stereocenters. The minimum Gasteiger partial charge on any atom is -0.337 e. The van der Waals surface area contributed by atoms with Crippen LogP contribution in [0.3, 0.4) is 0 Å². The number of rotatable bonds is 4. The predicted octanol–water partition coefficient (Wildman–Crippen LogP) is 2.93. The Morgan fingerprint density at radius 2 is 2.16 bits per heavy atom. The molecule has 0 fully saturated rings. The van der Waals surface area contributed by atoms with Crippen molar-refractivity contribution in [3.05, 3.63) is 62.3 Å². The Labute approximate surface area is 114 Å². The molecule has 0 saturated carbocycles. The first-order valence-corrected chi connectivity index (χ1v) is 6.48. The van der Waals surface area contributed by atoms with Crippen molar-refractivity contribution in [2.24, 2.45) is 0 Å². The van der Waals surface area contributed by atoms with Crippen molar-refractivity contribution in [2.45, 2.75) is 6.54 Å².